The molecule has 0 saturated carbocycles. The van der Waals surface area contributed by atoms with Crippen molar-refractivity contribution in [3.05, 3.63) is 53.3 Å². The fraction of sp³-hybridized carbons (Fsp3) is 0.316. The third-order valence-electron chi connectivity index (χ3n) is 3.85. The molecule has 2 aromatic rings. The summed E-state index contributed by atoms with van der Waals surface area (Å²) in [5, 5.41) is 0. The molecule has 0 bridgehead atoms. The van der Waals surface area contributed by atoms with Crippen molar-refractivity contribution in [1.82, 2.24) is 4.90 Å². The van der Waals surface area contributed by atoms with Crippen molar-refractivity contribution in [2.45, 2.75) is 6.92 Å². The van der Waals surface area contributed by atoms with E-state index in [1.807, 2.05) is 6.92 Å². The van der Waals surface area contributed by atoms with Crippen LogP contribution >= 0.6 is 0 Å². The van der Waals surface area contributed by atoms with E-state index < -0.39 is 0 Å². The van der Waals surface area contributed by atoms with Crippen LogP contribution in [0.15, 0.2) is 36.4 Å². The van der Waals surface area contributed by atoms with Gasteiger partial charge in [-0.2, -0.15) is 0 Å². The molecule has 1 amide bonds. The third kappa shape index (κ3) is 4.62. The molecule has 0 heterocycles. The van der Waals surface area contributed by atoms with Crippen LogP contribution in [0.4, 0.5) is 4.39 Å². The Bertz CT molecular complexity index is 706. The van der Waals surface area contributed by atoms with E-state index in [1.165, 1.54) is 12.1 Å². The van der Waals surface area contributed by atoms with Gasteiger partial charge in [0.05, 0.1) is 20.8 Å². The van der Waals surface area contributed by atoms with Gasteiger partial charge in [0.15, 0.2) is 0 Å². The number of hydrogen-bond donors (Lipinski definition) is 0. The largest absolute Gasteiger partial charge is 0.496 e. The first-order chi connectivity index (χ1) is 12.0. The number of likely N-dealkylation sites (N-methyl/N-ethyl adjacent to an activating group) is 1. The molecule has 6 heteroatoms. The van der Waals surface area contributed by atoms with Crippen molar-refractivity contribution in [2.24, 2.45) is 0 Å². The Morgan fingerprint density at radius 3 is 2.16 bits per heavy atom. The van der Waals surface area contributed by atoms with Crippen LogP contribution in [0.1, 0.15) is 15.9 Å². The SMILES string of the molecule is COc1cc(C(=O)N(C)CCOc2ccc(F)cc2)cc(OC)c1C. The molecule has 0 aromatic heterocycles. The van der Waals surface area contributed by atoms with E-state index in [0.717, 1.165) is 5.56 Å². The number of ether oxygens (including phenoxy) is 3. The lowest BCUT2D eigenvalue weighted by atomic mass is 10.1. The lowest BCUT2D eigenvalue weighted by molar-refractivity contribution is 0.0773. The van der Waals surface area contributed by atoms with Gasteiger partial charge in [-0.3, -0.25) is 4.79 Å². The maximum Gasteiger partial charge on any atom is 0.253 e. The van der Waals surface area contributed by atoms with Crippen LogP contribution in [0.3, 0.4) is 0 Å². The van der Waals surface area contributed by atoms with Gasteiger partial charge in [0, 0.05) is 18.2 Å². The summed E-state index contributed by atoms with van der Waals surface area (Å²) < 4.78 is 29.0. The third-order valence-corrected chi connectivity index (χ3v) is 3.85. The van der Waals surface area contributed by atoms with Gasteiger partial charge < -0.3 is 19.1 Å². The van der Waals surface area contributed by atoms with Gasteiger partial charge in [-0.15, -0.1) is 0 Å². The molecule has 0 saturated heterocycles. The first-order valence-electron chi connectivity index (χ1n) is 7.82. The van der Waals surface area contributed by atoms with Crippen molar-refractivity contribution in [1.29, 1.82) is 0 Å². The maximum atomic E-state index is 12.9. The Labute approximate surface area is 146 Å². The Hall–Kier alpha value is -2.76. The number of nitrogens with zero attached hydrogens (tertiary/aromatic N) is 1. The normalized spacial score (nSPS) is 10.3. The second kappa shape index (κ2) is 8.37. The summed E-state index contributed by atoms with van der Waals surface area (Å²) in [5.41, 5.74) is 1.31. The molecule has 0 unspecified atom stereocenters. The van der Waals surface area contributed by atoms with Gasteiger partial charge in [-0.05, 0) is 43.3 Å². The molecule has 0 atom stereocenters. The summed E-state index contributed by atoms with van der Waals surface area (Å²) in [6.07, 6.45) is 0. The van der Waals surface area contributed by atoms with Crippen LogP contribution in [0.25, 0.3) is 0 Å². The zero-order valence-electron chi connectivity index (χ0n) is 14.8. The summed E-state index contributed by atoms with van der Waals surface area (Å²) in [6, 6.07) is 9.14. The number of carbonyl (C=O) groups is 1. The molecule has 0 aliphatic rings. The predicted octanol–water partition coefficient (Wildman–Crippen LogP) is 3.30. The second-order valence-corrected chi connectivity index (χ2v) is 5.53. The molecule has 134 valence electrons. The van der Waals surface area contributed by atoms with Crippen molar-refractivity contribution >= 4 is 5.91 Å². The van der Waals surface area contributed by atoms with Gasteiger partial charge in [-0.1, -0.05) is 0 Å². The Morgan fingerprint density at radius 2 is 1.64 bits per heavy atom. The molecule has 0 fully saturated rings. The summed E-state index contributed by atoms with van der Waals surface area (Å²) in [5.74, 6) is 1.26. The molecule has 0 N–H and O–H groups in total. The first-order valence-corrected chi connectivity index (χ1v) is 7.82. The minimum absolute atomic E-state index is 0.167. The van der Waals surface area contributed by atoms with E-state index in [0.29, 0.717) is 36.0 Å². The number of benzene rings is 2. The Morgan fingerprint density at radius 1 is 1.08 bits per heavy atom. The summed E-state index contributed by atoms with van der Waals surface area (Å²) in [6.45, 7) is 2.55. The second-order valence-electron chi connectivity index (χ2n) is 5.53. The first kappa shape index (κ1) is 18.6. The van der Waals surface area contributed by atoms with E-state index in [4.69, 9.17) is 14.2 Å². The quantitative estimate of drug-likeness (QED) is 0.771. The Balaban J connectivity index is 2.00. The lowest BCUT2D eigenvalue weighted by Crippen LogP contribution is -2.31. The van der Waals surface area contributed by atoms with Crippen LogP contribution in [0.5, 0.6) is 17.2 Å². The van der Waals surface area contributed by atoms with Crippen molar-refractivity contribution in [2.75, 3.05) is 34.4 Å². The highest BCUT2D eigenvalue weighted by molar-refractivity contribution is 5.95. The van der Waals surface area contributed by atoms with E-state index in [-0.39, 0.29) is 11.7 Å². The molecule has 0 aliphatic heterocycles. The van der Waals surface area contributed by atoms with Gasteiger partial charge >= 0.3 is 0 Å². The molecular formula is C19H22FNO4. The maximum absolute atomic E-state index is 12.9. The smallest absolute Gasteiger partial charge is 0.253 e. The zero-order valence-corrected chi connectivity index (χ0v) is 14.8. The van der Waals surface area contributed by atoms with E-state index >= 15 is 0 Å². The summed E-state index contributed by atoms with van der Waals surface area (Å²) >= 11 is 0. The van der Waals surface area contributed by atoms with Crippen molar-refractivity contribution < 1.29 is 23.4 Å². The number of rotatable bonds is 7. The number of carbonyl (C=O) groups excluding carboxylic acids is 1. The van der Waals surface area contributed by atoms with Gasteiger partial charge in [-0.25, -0.2) is 4.39 Å². The number of amides is 1. The van der Waals surface area contributed by atoms with E-state index in [9.17, 15) is 9.18 Å². The molecule has 25 heavy (non-hydrogen) atoms. The number of hydrogen-bond acceptors (Lipinski definition) is 4. The molecule has 2 aromatic carbocycles. The topological polar surface area (TPSA) is 48.0 Å². The van der Waals surface area contributed by atoms with Crippen LogP contribution < -0.4 is 14.2 Å². The standard InChI is InChI=1S/C19H22FNO4/c1-13-17(23-3)11-14(12-18(13)24-4)19(22)21(2)9-10-25-16-7-5-15(20)6-8-16/h5-8,11-12H,9-10H2,1-4H3. The van der Waals surface area contributed by atoms with Gasteiger partial charge in [0.1, 0.15) is 29.7 Å². The zero-order chi connectivity index (χ0) is 18.4. The fourth-order valence-electron chi connectivity index (χ4n) is 2.36. The van der Waals surface area contributed by atoms with Crippen molar-refractivity contribution in [3.8, 4) is 17.2 Å². The van der Waals surface area contributed by atoms with Crippen LogP contribution in [-0.2, 0) is 0 Å². The average molecular weight is 347 g/mol. The van der Waals surface area contributed by atoms with Crippen molar-refractivity contribution in [3.63, 3.8) is 0 Å². The Kier molecular flexibility index (Phi) is 6.22. The van der Waals surface area contributed by atoms with Gasteiger partial charge in [0.25, 0.3) is 5.91 Å². The van der Waals surface area contributed by atoms with Crippen LogP contribution in [0, 0.1) is 12.7 Å². The molecule has 0 radical (unpaired) electrons. The molecule has 0 spiro atoms. The van der Waals surface area contributed by atoms with Crippen LogP contribution in [-0.4, -0.2) is 45.2 Å². The predicted molar refractivity (Wildman–Crippen MR) is 93.1 cm³/mol. The average Bonchev–Trinajstić information content (AvgIpc) is 2.62. The highest BCUT2D eigenvalue weighted by Gasteiger charge is 2.16. The monoisotopic (exact) mass is 347 g/mol. The molecule has 2 rings (SSSR count). The summed E-state index contributed by atoms with van der Waals surface area (Å²) in [7, 11) is 4.79. The van der Waals surface area contributed by atoms with Crippen LogP contribution in [0.2, 0.25) is 0 Å². The highest BCUT2D eigenvalue weighted by atomic mass is 19.1. The fourth-order valence-corrected chi connectivity index (χ4v) is 2.36. The van der Waals surface area contributed by atoms with Gasteiger partial charge in [0.2, 0.25) is 0 Å². The number of methoxy groups -OCH3 is 2. The van der Waals surface area contributed by atoms with E-state index in [1.54, 1.807) is 50.4 Å². The number of halogens is 1. The molecule has 5 nitrogen and oxygen atoms in total. The highest BCUT2D eigenvalue weighted by Crippen LogP contribution is 2.29. The minimum Gasteiger partial charge on any atom is -0.496 e. The lowest BCUT2D eigenvalue weighted by Gasteiger charge is -2.19. The minimum atomic E-state index is -0.318. The molecular weight excluding hydrogens is 325 g/mol. The molecule has 0 aliphatic carbocycles. The van der Waals surface area contributed by atoms with E-state index in [2.05, 4.69) is 0 Å². The summed E-state index contributed by atoms with van der Waals surface area (Å²) in [4.78, 5) is 14.1.